The second-order valence-corrected chi connectivity index (χ2v) is 8.16. The number of anilines is 1. The van der Waals surface area contributed by atoms with E-state index in [4.69, 9.17) is 9.72 Å². The highest BCUT2D eigenvalue weighted by atomic mass is 16.5. The molecule has 0 N–H and O–H groups in total. The van der Waals surface area contributed by atoms with Crippen molar-refractivity contribution in [3.05, 3.63) is 72.7 Å². The topological polar surface area (TPSA) is 42.7 Å². The van der Waals surface area contributed by atoms with Gasteiger partial charge in [-0.15, -0.1) is 0 Å². The zero-order valence-electron chi connectivity index (χ0n) is 16.9. The van der Waals surface area contributed by atoms with E-state index in [-0.39, 0.29) is 0 Å². The Morgan fingerprint density at radius 2 is 1.80 bits per heavy atom. The molecule has 6 rings (SSSR count). The summed E-state index contributed by atoms with van der Waals surface area (Å²) in [6.07, 6.45) is 8.66. The number of nitrogens with zero attached hydrogens (tertiary/aromatic N) is 4. The van der Waals surface area contributed by atoms with Crippen LogP contribution in [0.5, 0.6) is 0 Å². The first-order valence-corrected chi connectivity index (χ1v) is 10.7. The number of aromatic nitrogens is 3. The third-order valence-electron chi connectivity index (χ3n) is 6.15. The van der Waals surface area contributed by atoms with E-state index in [1.807, 2.05) is 18.5 Å². The van der Waals surface area contributed by atoms with Gasteiger partial charge in [0.15, 0.2) is 0 Å². The van der Waals surface area contributed by atoms with Crippen LogP contribution < -0.4 is 4.90 Å². The molecule has 0 amide bonds. The molecule has 1 saturated heterocycles. The molecule has 2 fully saturated rings. The van der Waals surface area contributed by atoms with Gasteiger partial charge in [0.25, 0.3) is 0 Å². The summed E-state index contributed by atoms with van der Waals surface area (Å²) in [4.78, 5) is 11.7. The lowest BCUT2D eigenvalue weighted by atomic mass is 9.98. The highest BCUT2D eigenvalue weighted by Crippen LogP contribution is 2.41. The minimum atomic E-state index is 0.732. The van der Waals surface area contributed by atoms with Crippen LogP contribution in [0.4, 0.5) is 5.82 Å². The first kappa shape index (κ1) is 17.7. The Morgan fingerprint density at radius 1 is 0.900 bits per heavy atom. The fraction of sp³-hybridized carbons (Fsp3) is 0.280. The van der Waals surface area contributed by atoms with Crippen molar-refractivity contribution < 1.29 is 4.74 Å². The van der Waals surface area contributed by atoms with Gasteiger partial charge in [-0.3, -0.25) is 9.38 Å². The number of hydrogen-bond donors (Lipinski definition) is 0. The van der Waals surface area contributed by atoms with E-state index < -0.39 is 0 Å². The van der Waals surface area contributed by atoms with Gasteiger partial charge >= 0.3 is 0 Å². The van der Waals surface area contributed by atoms with Crippen molar-refractivity contribution in [2.75, 3.05) is 31.2 Å². The molecule has 0 atom stereocenters. The lowest BCUT2D eigenvalue weighted by Crippen LogP contribution is -2.36. The van der Waals surface area contributed by atoms with Crippen molar-refractivity contribution in [2.24, 2.45) is 0 Å². The fourth-order valence-electron chi connectivity index (χ4n) is 4.38. The zero-order valence-corrected chi connectivity index (χ0v) is 16.9. The minimum absolute atomic E-state index is 0.732. The van der Waals surface area contributed by atoms with E-state index in [2.05, 4.69) is 62.9 Å². The van der Waals surface area contributed by atoms with Gasteiger partial charge in [-0.05, 0) is 48.6 Å². The normalized spacial score (nSPS) is 16.9. The van der Waals surface area contributed by atoms with Crippen molar-refractivity contribution in [1.82, 2.24) is 14.4 Å². The number of rotatable bonds is 4. The van der Waals surface area contributed by atoms with Gasteiger partial charge in [0.05, 0.1) is 25.1 Å². The van der Waals surface area contributed by atoms with Crippen LogP contribution in [0.3, 0.4) is 0 Å². The summed E-state index contributed by atoms with van der Waals surface area (Å²) in [7, 11) is 0. The quantitative estimate of drug-likeness (QED) is 0.498. The number of fused-ring (bicyclic) bond motifs is 1. The molecule has 30 heavy (non-hydrogen) atoms. The van der Waals surface area contributed by atoms with Gasteiger partial charge in [0, 0.05) is 42.2 Å². The molecular formula is C25H24N4O. The highest BCUT2D eigenvalue weighted by molar-refractivity contribution is 5.81. The van der Waals surface area contributed by atoms with E-state index in [1.165, 1.54) is 24.0 Å². The lowest BCUT2D eigenvalue weighted by molar-refractivity contribution is 0.122. The average Bonchev–Trinajstić information content (AvgIpc) is 3.59. The van der Waals surface area contributed by atoms with Gasteiger partial charge in [0.1, 0.15) is 11.5 Å². The molecule has 0 bridgehead atoms. The van der Waals surface area contributed by atoms with E-state index >= 15 is 0 Å². The Kier molecular flexibility index (Phi) is 4.27. The predicted octanol–water partition coefficient (Wildman–Crippen LogP) is 4.78. The second kappa shape index (κ2) is 7.26. The Bertz CT molecular complexity index is 1200. The zero-order chi connectivity index (χ0) is 19.9. The van der Waals surface area contributed by atoms with Gasteiger partial charge in [0.2, 0.25) is 0 Å². The standard InChI is InChI=1S/C25H24N4O/c1-3-19(18-6-7-18)15-20(4-1)25-22(5-2-10-26-25)21-8-9-23-27-16-24(29(23)17-21)28-11-13-30-14-12-28/h1-5,8-10,15-18H,6-7,11-14H2. The molecule has 4 heterocycles. The van der Waals surface area contributed by atoms with Crippen LogP contribution in [0.1, 0.15) is 24.3 Å². The molecule has 1 aliphatic heterocycles. The Balaban J connectivity index is 1.44. The van der Waals surface area contributed by atoms with Crippen molar-refractivity contribution in [3.8, 4) is 22.4 Å². The van der Waals surface area contributed by atoms with E-state index in [1.54, 1.807) is 0 Å². The van der Waals surface area contributed by atoms with Gasteiger partial charge in [-0.2, -0.15) is 0 Å². The summed E-state index contributed by atoms with van der Waals surface area (Å²) in [6.45, 7) is 3.31. The fourth-order valence-corrected chi connectivity index (χ4v) is 4.38. The molecule has 1 aliphatic carbocycles. The van der Waals surface area contributed by atoms with E-state index in [0.717, 1.165) is 60.5 Å². The molecule has 0 radical (unpaired) electrons. The third-order valence-corrected chi connectivity index (χ3v) is 6.15. The number of morpholine rings is 1. The molecule has 1 saturated carbocycles. The number of imidazole rings is 1. The molecule has 3 aromatic heterocycles. The maximum Gasteiger partial charge on any atom is 0.138 e. The summed E-state index contributed by atoms with van der Waals surface area (Å²) in [5.74, 6) is 1.85. The Labute approximate surface area is 176 Å². The first-order chi connectivity index (χ1) is 14.9. The number of ether oxygens (including phenoxy) is 1. The molecular weight excluding hydrogens is 372 g/mol. The molecule has 0 unspecified atom stereocenters. The van der Waals surface area contributed by atoms with Crippen molar-refractivity contribution >= 4 is 11.5 Å². The first-order valence-electron chi connectivity index (χ1n) is 10.7. The summed E-state index contributed by atoms with van der Waals surface area (Å²) in [6, 6.07) is 17.3. The van der Waals surface area contributed by atoms with Crippen LogP contribution in [0.25, 0.3) is 28.0 Å². The molecule has 1 aromatic carbocycles. The van der Waals surface area contributed by atoms with Gasteiger partial charge < -0.3 is 9.64 Å². The van der Waals surface area contributed by atoms with Crippen molar-refractivity contribution in [2.45, 2.75) is 18.8 Å². The van der Waals surface area contributed by atoms with Crippen LogP contribution in [0.15, 0.2) is 67.1 Å². The smallest absolute Gasteiger partial charge is 0.138 e. The maximum atomic E-state index is 5.52. The molecule has 2 aliphatic rings. The second-order valence-electron chi connectivity index (χ2n) is 8.16. The van der Waals surface area contributed by atoms with Crippen LogP contribution >= 0.6 is 0 Å². The molecule has 0 spiro atoms. The molecule has 4 aromatic rings. The summed E-state index contributed by atoms with van der Waals surface area (Å²) < 4.78 is 7.71. The van der Waals surface area contributed by atoms with Crippen LogP contribution in [-0.2, 0) is 4.74 Å². The maximum absolute atomic E-state index is 5.52. The number of pyridine rings is 2. The predicted molar refractivity (Wildman–Crippen MR) is 119 cm³/mol. The van der Waals surface area contributed by atoms with Crippen molar-refractivity contribution in [1.29, 1.82) is 0 Å². The van der Waals surface area contributed by atoms with E-state index in [0.29, 0.717) is 0 Å². The van der Waals surface area contributed by atoms with Crippen LogP contribution in [-0.4, -0.2) is 40.7 Å². The lowest BCUT2D eigenvalue weighted by Gasteiger charge is -2.28. The summed E-state index contributed by atoms with van der Waals surface area (Å²) in [5.41, 5.74) is 6.91. The minimum Gasteiger partial charge on any atom is -0.378 e. The third kappa shape index (κ3) is 3.15. The van der Waals surface area contributed by atoms with E-state index in [9.17, 15) is 0 Å². The molecule has 150 valence electrons. The highest BCUT2D eigenvalue weighted by Gasteiger charge is 2.24. The Morgan fingerprint density at radius 3 is 2.67 bits per heavy atom. The van der Waals surface area contributed by atoms with Gasteiger partial charge in [-0.25, -0.2) is 4.98 Å². The summed E-state index contributed by atoms with van der Waals surface area (Å²) >= 11 is 0. The average molecular weight is 396 g/mol. The van der Waals surface area contributed by atoms with Crippen LogP contribution in [0, 0.1) is 0 Å². The van der Waals surface area contributed by atoms with Gasteiger partial charge in [-0.1, -0.05) is 24.3 Å². The van der Waals surface area contributed by atoms with Crippen LogP contribution in [0.2, 0.25) is 0 Å². The number of benzene rings is 1. The largest absolute Gasteiger partial charge is 0.378 e. The molecule has 5 nitrogen and oxygen atoms in total. The monoisotopic (exact) mass is 396 g/mol. The number of hydrogen-bond acceptors (Lipinski definition) is 4. The van der Waals surface area contributed by atoms with Crippen molar-refractivity contribution in [3.63, 3.8) is 0 Å². The molecule has 5 heteroatoms. The summed E-state index contributed by atoms with van der Waals surface area (Å²) in [5, 5.41) is 0. The SMILES string of the molecule is c1cc(-c2ncccc2-c2ccc3ncc(N4CCOCC4)n3c2)cc(C2CC2)c1. The Hall–Kier alpha value is -3.18.